The summed E-state index contributed by atoms with van der Waals surface area (Å²) in [7, 11) is -3.28. The minimum absolute atomic E-state index is 0.0490. The molecule has 5 unspecified atom stereocenters. The molecule has 0 aromatic rings. The molecule has 5 nitrogen and oxygen atoms in total. The summed E-state index contributed by atoms with van der Waals surface area (Å²) in [6.07, 6.45) is 2.33. The normalized spacial score (nSPS) is 49.6. The molecule has 0 amide bonds. The van der Waals surface area contributed by atoms with Crippen LogP contribution in [0.2, 0.25) is 0 Å². The monoisotopic (exact) mass is 274 g/mol. The van der Waals surface area contributed by atoms with E-state index in [0.29, 0.717) is 12.3 Å². The molecule has 6 heteroatoms. The van der Waals surface area contributed by atoms with Gasteiger partial charge in [0.1, 0.15) is 0 Å². The number of aliphatic hydroxyl groups is 1. The number of aliphatic carboxylic acids is 1. The van der Waals surface area contributed by atoms with Crippen molar-refractivity contribution >= 4 is 15.8 Å². The Morgan fingerprint density at radius 3 is 2.33 bits per heavy atom. The van der Waals surface area contributed by atoms with E-state index in [1.54, 1.807) is 0 Å². The number of hydrogen-bond acceptors (Lipinski definition) is 4. The Balaban J connectivity index is 1.99. The van der Waals surface area contributed by atoms with E-state index in [1.165, 1.54) is 0 Å². The first-order valence-corrected chi connectivity index (χ1v) is 8.29. The summed E-state index contributed by atoms with van der Waals surface area (Å²) in [6.45, 7) is 0. The van der Waals surface area contributed by atoms with Crippen LogP contribution in [0.15, 0.2) is 0 Å². The van der Waals surface area contributed by atoms with E-state index in [4.69, 9.17) is 0 Å². The zero-order valence-electron chi connectivity index (χ0n) is 10.1. The molecule has 1 heterocycles. The molecule has 0 radical (unpaired) electrons. The van der Waals surface area contributed by atoms with Crippen molar-refractivity contribution in [3.8, 4) is 0 Å². The van der Waals surface area contributed by atoms with Crippen molar-refractivity contribution in [3.63, 3.8) is 0 Å². The zero-order valence-corrected chi connectivity index (χ0v) is 10.9. The summed E-state index contributed by atoms with van der Waals surface area (Å²) in [4.78, 5) is 11.8. The van der Waals surface area contributed by atoms with Crippen molar-refractivity contribution in [2.24, 2.45) is 23.2 Å². The highest BCUT2D eigenvalue weighted by molar-refractivity contribution is 7.91. The molecular formula is C12H18O5S. The van der Waals surface area contributed by atoms with E-state index in [-0.39, 0.29) is 17.4 Å². The maximum absolute atomic E-state index is 11.8. The van der Waals surface area contributed by atoms with Crippen LogP contribution >= 0.6 is 0 Å². The molecule has 3 aliphatic rings. The van der Waals surface area contributed by atoms with Gasteiger partial charge < -0.3 is 10.2 Å². The van der Waals surface area contributed by atoms with E-state index < -0.39 is 33.2 Å². The molecule has 1 aliphatic heterocycles. The lowest BCUT2D eigenvalue weighted by Crippen LogP contribution is -2.47. The standard InChI is InChI=1S/C12H18O5S/c13-10-6-18(16,17)5-9(10)12(11(14)15)4-7-1-2-8(12)3-7/h7-10,13H,1-6H2,(H,14,15). The molecule has 5 atom stereocenters. The predicted molar refractivity (Wildman–Crippen MR) is 63.7 cm³/mol. The van der Waals surface area contributed by atoms with Crippen LogP contribution in [0.4, 0.5) is 0 Å². The Kier molecular flexibility index (Phi) is 2.55. The summed E-state index contributed by atoms with van der Waals surface area (Å²) in [5.41, 5.74) is -0.994. The van der Waals surface area contributed by atoms with Crippen LogP contribution in [0.3, 0.4) is 0 Å². The van der Waals surface area contributed by atoms with Gasteiger partial charge >= 0.3 is 5.97 Å². The lowest BCUT2D eigenvalue weighted by molar-refractivity contribution is -0.159. The molecule has 102 valence electrons. The molecule has 1 saturated heterocycles. The fraction of sp³-hybridized carbons (Fsp3) is 0.917. The molecule has 0 aromatic carbocycles. The van der Waals surface area contributed by atoms with Crippen LogP contribution < -0.4 is 0 Å². The van der Waals surface area contributed by atoms with Crippen LogP contribution in [0.5, 0.6) is 0 Å². The first-order valence-electron chi connectivity index (χ1n) is 6.47. The molecule has 18 heavy (non-hydrogen) atoms. The molecule has 2 N–H and O–H groups in total. The van der Waals surface area contributed by atoms with Crippen LogP contribution in [0, 0.1) is 23.2 Å². The second-order valence-corrected chi connectivity index (χ2v) is 8.33. The van der Waals surface area contributed by atoms with Crippen LogP contribution in [0.1, 0.15) is 25.7 Å². The van der Waals surface area contributed by atoms with Crippen LogP contribution in [-0.2, 0) is 14.6 Å². The average Bonchev–Trinajstić information content (AvgIpc) is 2.90. The number of sulfone groups is 1. The average molecular weight is 274 g/mol. The van der Waals surface area contributed by atoms with Crippen LogP contribution in [-0.4, -0.2) is 42.2 Å². The Labute approximate surface area is 106 Å². The number of aliphatic hydroxyl groups excluding tert-OH is 1. The first kappa shape index (κ1) is 12.4. The van der Waals surface area contributed by atoms with Gasteiger partial charge in [0, 0.05) is 5.92 Å². The van der Waals surface area contributed by atoms with Crippen LogP contribution in [0.25, 0.3) is 0 Å². The SMILES string of the molecule is O=C(O)C1(C2CS(=O)(=O)CC2O)CC2CCC1C2. The van der Waals surface area contributed by atoms with E-state index >= 15 is 0 Å². The van der Waals surface area contributed by atoms with Crippen molar-refractivity contribution in [2.45, 2.75) is 31.8 Å². The molecule has 0 aromatic heterocycles. The summed E-state index contributed by atoms with van der Waals surface area (Å²) < 4.78 is 23.3. The summed E-state index contributed by atoms with van der Waals surface area (Å²) in [5, 5.41) is 19.6. The largest absolute Gasteiger partial charge is 0.481 e. The van der Waals surface area contributed by atoms with Gasteiger partial charge in [-0.15, -0.1) is 0 Å². The third-order valence-corrected chi connectivity index (χ3v) is 7.00. The van der Waals surface area contributed by atoms with Gasteiger partial charge in [-0.3, -0.25) is 4.79 Å². The topological polar surface area (TPSA) is 91.7 Å². The molecule has 3 fully saturated rings. The summed E-state index contributed by atoms with van der Waals surface area (Å²) in [5.74, 6) is -1.51. The smallest absolute Gasteiger partial charge is 0.310 e. The molecule has 2 bridgehead atoms. The highest BCUT2D eigenvalue weighted by Crippen LogP contribution is 2.61. The highest BCUT2D eigenvalue weighted by atomic mass is 32.2. The fourth-order valence-electron chi connectivity index (χ4n) is 4.57. The molecule has 2 aliphatic carbocycles. The molecule has 2 saturated carbocycles. The van der Waals surface area contributed by atoms with Gasteiger partial charge in [0.15, 0.2) is 9.84 Å². The number of rotatable bonds is 2. The maximum Gasteiger partial charge on any atom is 0.310 e. The first-order chi connectivity index (χ1) is 8.35. The zero-order chi connectivity index (χ0) is 13.1. The van der Waals surface area contributed by atoms with Crippen molar-refractivity contribution in [1.29, 1.82) is 0 Å². The lowest BCUT2D eigenvalue weighted by Gasteiger charge is -2.39. The molecule has 3 rings (SSSR count). The summed E-state index contributed by atoms with van der Waals surface area (Å²) in [6, 6.07) is 0. The van der Waals surface area contributed by atoms with Gasteiger partial charge in [0.05, 0.1) is 23.0 Å². The van der Waals surface area contributed by atoms with Gasteiger partial charge in [-0.1, -0.05) is 6.42 Å². The van der Waals surface area contributed by atoms with Crippen molar-refractivity contribution in [1.82, 2.24) is 0 Å². The number of carbonyl (C=O) groups is 1. The number of carboxylic acids is 1. The van der Waals surface area contributed by atoms with Crippen molar-refractivity contribution in [2.75, 3.05) is 11.5 Å². The van der Waals surface area contributed by atoms with E-state index in [0.717, 1.165) is 19.3 Å². The van der Waals surface area contributed by atoms with E-state index in [9.17, 15) is 23.4 Å². The fourth-order valence-corrected chi connectivity index (χ4v) is 6.52. The van der Waals surface area contributed by atoms with Gasteiger partial charge in [0.25, 0.3) is 0 Å². The number of carboxylic acid groups (broad SMARTS) is 1. The maximum atomic E-state index is 11.8. The summed E-state index contributed by atoms with van der Waals surface area (Å²) >= 11 is 0. The van der Waals surface area contributed by atoms with Gasteiger partial charge in [-0.2, -0.15) is 0 Å². The second-order valence-electron chi connectivity index (χ2n) is 6.18. The van der Waals surface area contributed by atoms with Crippen molar-refractivity contribution in [3.05, 3.63) is 0 Å². The molecular weight excluding hydrogens is 256 g/mol. The number of fused-ring (bicyclic) bond motifs is 2. The third kappa shape index (κ3) is 1.54. The van der Waals surface area contributed by atoms with E-state index in [1.807, 2.05) is 0 Å². The van der Waals surface area contributed by atoms with Gasteiger partial charge in [-0.25, -0.2) is 8.42 Å². The number of hydrogen-bond donors (Lipinski definition) is 2. The Morgan fingerprint density at radius 2 is 1.94 bits per heavy atom. The predicted octanol–water partition coefficient (Wildman–Crippen LogP) is 0.283. The Bertz CT molecular complexity index is 485. The van der Waals surface area contributed by atoms with Crippen molar-refractivity contribution < 1.29 is 23.4 Å². The molecule has 0 spiro atoms. The minimum Gasteiger partial charge on any atom is -0.481 e. The van der Waals surface area contributed by atoms with Gasteiger partial charge in [0.2, 0.25) is 0 Å². The highest BCUT2D eigenvalue weighted by Gasteiger charge is 2.63. The minimum atomic E-state index is -3.28. The van der Waals surface area contributed by atoms with E-state index in [2.05, 4.69) is 0 Å². The third-order valence-electron chi connectivity index (χ3n) is 5.28. The quantitative estimate of drug-likeness (QED) is 0.755. The Hall–Kier alpha value is -0.620. The lowest BCUT2D eigenvalue weighted by atomic mass is 9.64. The van der Waals surface area contributed by atoms with Gasteiger partial charge in [-0.05, 0) is 31.1 Å². The Morgan fingerprint density at radius 1 is 1.22 bits per heavy atom. The second kappa shape index (κ2) is 3.70.